The van der Waals surface area contributed by atoms with Gasteiger partial charge < -0.3 is 10.6 Å². The molecule has 2 N–H and O–H groups in total. The minimum Gasteiger partial charge on any atom is -0.382 e. The van der Waals surface area contributed by atoms with E-state index in [9.17, 15) is 14.5 Å². The summed E-state index contributed by atoms with van der Waals surface area (Å²) in [5.74, 6) is -0.311. The van der Waals surface area contributed by atoms with Gasteiger partial charge in [-0.05, 0) is 36.8 Å². The summed E-state index contributed by atoms with van der Waals surface area (Å²) >= 11 is 0. The first-order valence-electron chi connectivity index (χ1n) is 6.50. The van der Waals surface area contributed by atoms with Crippen LogP contribution in [0.5, 0.6) is 0 Å². The summed E-state index contributed by atoms with van der Waals surface area (Å²) in [5.41, 5.74) is 1.70. The quantitative estimate of drug-likeness (QED) is 0.646. The number of hydrogen-bond acceptors (Lipinski definition) is 4. The molecule has 0 saturated carbocycles. The lowest BCUT2D eigenvalue weighted by atomic mass is 10.1. The Morgan fingerprint density at radius 1 is 1.14 bits per heavy atom. The second-order valence-electron chi connectivity index (χ2n) is 4.63. The second-order valence-corrected chi connectivity index (χ2v) is 4.63. The van der Waals surface area contributed by atoms with E-state index < -0.39 is 4.92 Å². The van der Waals surface area contributed by atoms with Crippen molar-refractivity contribution in [3.8, 4) is 0 Å². The van der Waals surface area contributed by atoms with Gasteiger partial charge in [-0.25, -0.2) is 4.39 Å². The van der Waals surface area contributed by atoms with Gasteiger partial charge in [-0.15, -0.1) is 0 Å². The largest absolute Gasteiger partial charge is 0.382 e. The number of hydrogen-bond donors (Lipinski definition) is 2. The average molecular weight is 289 g/mol. The minimum absolute atomic E-state index is 0.00559. The molecule has 2 aromatic carbocycles. The first-order chi connectivity index (χ1) is 10.0. The van der Waals surface area contributed by atoms with Gasteiger partial charge in [0, 0.05) is 13.1 Å². The molecule has 5 nitrogen and oxygen atoms in total. The van der Waals surface area contributed by atoms with Gasteiger partial charge >= 0.3 is 5.69 Å². The number of nitro benzene ring substituents is 1. The zero-order chi connectivity index (χ0) is 15.4. The molecule has 2 aromatic rings. The van der Waals surface area contributed by atoms with Gasteiger partial charge in [0.25, 0.3) is 0 Å². The average Bonchev–Trinajstić information content (AvgIpc) is 2.47. The Bertz CT molecular complexity index is 644. The number of nitrogens with zero attached hydrogens (tertiary/aromatic N) is 1. The van der Waals surface area contributed by atoms with Crippen LogP contribution in [0.4, 0.5) is 21.5 Å². The summed E-state index contributed by atoms with van der Waals surface area (Å²) in [5, 5.41) is 17.1. The van der Waals surface area contributed by atoms with Gasteiger partial charge in [0.2, 0.25) is 0 Å². The highest BCUT2D eigenvalue weighted by atomic mass is 19.1. The number of nitrogens with one attached hydrogen (secondary N) is 2. The maximum atomic E-state index is 12.9. The normalized spacial score (nSPS) is 11.8. The van der Waals surface area contributed by atoms with E-state index >= 15 is 0 Å². The van der Waals surface area contributed by atoms with E-state index in [1.165, 1.54) is 12.1 Å². The highest BCUT2D eigenvalue weighted by molar-refractivity contribution is 5.76. The highest BCUT2D eigenvalue weighted by Gasteiger charge is 2.20. The van der Waals surface area contributed by atoms with Crippen LogP contribution in [0.15, 0.2) is 42.5 Å². The fourth-order valence-corrected chi connectivity index (χ4v) is 2.13. The lowest BCUT2D eigenvalue weighted by Crippen LogP contribution is -2.09. The Morgan fingerprint density at radius 3 is 2.33 bits per heavy atom. The molecule has 0 aliphatic rings. The van der Waals surface area contributed by atoms with Crippen LogP contribution in [-0.2, 0) is 0 Å². The van der Waals surface area contributed by atoms with Crippen molar-refractivity contribution < 1.29 is 9.31 Å². The van der Waals surface area contributed by atoms with Crippen molar-refractivity contribution in [1.82, 2.24) is 0 Å². The molecule has 0 saturated heterocycles. The van der Waals surface area contributed by atoms with Crippen molar-refractivity contribution in [2.75, 3.05) is 17.7 Å². The van der Waals surface area contributed by atoms with Crippen LogP contribution in [0, 0.1) is 15.9 Å². The number of benzene rings is 2. The summed E-state index contributed by atoms with van der Waals surface area (Å²) in [7, 11) is 1.63. The van der Waals surface area contributed by atoms with Gasteiger partial charge in [0.1, 0.15) is 17.2 Å². The van der Waals surface area contributed by atoms with Gasteiger partial charge in [-0.2, -0.15) is 0 Å². The van der Waals surface area contributed by atoms with E-state index in [0.717, 1.165) is 5.56 Å². The van der Waals surface area contributed by atoms with E-state index in [2.05, 4.69) is 10.6 Å². The Balaban J connectivity index is 2.30. The third-order valence-electron chi connectivity index (χ3n) is 3.23. The topological polar surface area (TPSA) is 67.2 Å². The van der Waals surface area contributed by atoms with Gasteiger partial charge in [0.15, 0.2) is 0 Å². The Labute approximate surface area is 122 Å². The zero-order valence-electron chi connectivity index (χ0n) is 11.8. The fourth-order valence-electron chi connectivity index (χ4n) is 2.13. The van der Waals surface area contributed by atoms with Gasteiger partial charge in [-0.1, -0.05) is 18.2 Å². The molecule has 6 heteroatoms. The molecule has 0 amide bonds. The van der Waals surface area contributed by atoms with E-state index in [0.29, 0.717) is 11.4 Å². The standard InChI is InChI=1S/C15H16FN3O2/c1-10(11-6-8-12(16)9-7-11)18-14-5-3-4-13(17-2)15(14)19(20)21/h3-10,17-18H,1-2H3. The highest BCUT2D eigenvalue weighted by Crippen LogP contribution is 2.34. The van der Waals surface area contributed by atoms with Crippen molar-refractivity contribution in [3.63, 3.8) is 0 Å². The van der Waals surface area contributed by atoms with E-state index in [-0.39, 0.29) is 17.5 Å². The van der Waals surface area contributed by atoms with E-state index in [1.54, 1.807) is 37.4 Å². The molecule has 0 fully saturated rings. The molecule has 0 aromatic heterocycles. The van der Waals surface area contributed by atoms with Crippen molar-refractivity contribution in [1.29, 1.82) is 0 Å². The second kappa shape index (κ2) is 6.21. The van der Waals surface area contributed by atoms with Crippen LogP contribution in [-0.4, -0.2) is 12.0 Å². The molecule has 21 heavy (non-hydrogen) atoms. The first-order valence-corrected chi connectivity index (χ1v) is 6.50. The number of rotatable bonds is 5. The fraction of sp³-hybridized carbons (Fsp3) is 0.200. The van der Waals surface area contributed by atoms with Gasteiger partial charge in [0.05, 0.1) is 4.92 Å². The van der Waals surface area contributed by atoms with Crippen molar-refractivity contribution >= 4 is 17.1 Å². The number of nitro groups is 1. The molecule has 110 valence electrons. The van der Waals surface area contributed by atoms with Crippen LogP contribution < -0.4 is 10.6 Å². The minimum atomic E-state index is -0.425. The van der Waals surface area contributed by atoms with Gasteiger partial charge in [-0.3, -0.25) is 10.1 Å². The molecule has 0 heterocycles. The Morgan fingerprint density at radius 2 is 1.76 bits per heavy atom. The number of halogens is 1. The van der Waals surface area contributed by atoms with E-state index in [4.69, 9.17) is 0 Å². The SMILES string of the molecule is CNc1cccc(NC(C)c2ccc(F)cc2)c1[N+](=O)[O-]. The zero-order valence-corrected chi connectivity index (χ0v) is 11.8. The third-order valence-corrected chi connectivity index (χ3v) is 3.23. The molecule has 0 aliphatic carbocycles. The van der Waals surface area contributed by atoms with Crippen LogP contribution in [0.3, 0.4) is 0 Å². The number of anilines is 2. The summed E-state index contributed by atoms with van der Waals surface area (Å²) in [6, 6.07) is 10.9. The van der Waals surface area contributed by atoms with Crippen LogP contribution in [0.2, 0.25) is 0 Å². The molecule has 2 rings (SSSR count). The van der Waals surface area contributed by atoms with Crippen LogP contribution in [0.1, 0.15) is 18.5 Å². The summed E-state index contributed by atoms with van der Waals surface area (Å²) in [6.45, 7) is 1.86. The first kappa shape index (κ1) is 14.8. The molecule has 0 bridgehead atoms. The third kappa shape index (κ3) is 3.28. The van der Waals surface area contributed by atoms with Crippen molar-refractivity contribution in [3.05, 3.63) is 64.0 Å². The lowest BCUT2D eigenvalue weighted by Gasteiger charge is -2.16. The van der Waals surface area contributed by atoms with E-state index in [1.807, 2.05) is 6.92 Å². The smallest absolute Gasteiger partial charge is 0.315 e. The lowest BCUT2D eigenvalue weighted by molar-refractivity contribution is -0.383. The van der Waals surface area contributed by atoms with Crippen LogP contribution in [0.25, 0.3) is 0 Å². The molecule has 0 radical (unpaired) electrons. The Kier molecular flexibility index (Phi) is 4.37. The van der Waals surface area contributed by atoms with Crippen molar-refractivity contribution in [2.24, 2.45) is 0 Å². The van der Waals surface area contributed by atoms with Crippen molar-refractivity contribution in [2.45, 2.75) is 13.0 Å². The predicted molar refractivity (Wildman–Crippen MR) is 81.1 cm³/mol. The molecule has 0 spiro atoms. The molecule has 0 aliphatic heterocycles. The number of para-hydroxylation sites is 1. The molecule has 1 atom stereocenters. The Hall–Kier alpha value is -2.63. The maximum absolute atomic E-state index is 12.9. The summed E-state index contributed by atoms with van der Waals surface area (Å²) < 4.78 is 12.9. The summed E-state index contributed by atoms with van der Waals surface area (Å²) in [4.78, 5) is 10.8. The summed E-state index contributed by atoms with van der Waals surface area (Å²) in [6.07, 6.45) is 0. The molecular formula is C15H16FN3O2. The monoisotopic (exact) mass is 289 g/mol. The maximum Gasteiger partial charge on any atom is 0.315 e. The van der Waals surface area contributed by atoms with Crippen LogP contribution >= 0.6 is 0 Å². The molecular weight excluding hydrogens is 273 g/mol. The predicted octanol–water partition coefficient (Wildman–Crippen LogP) is 3.95. The molecule has 1 unspecified atom stereocenters.